The number of nitrogens with zero attached hydrogens (tertiary/aromatic N) is 8. The average molecular weight is 625 g/mol. The topological polar surface area (TPSA) is 110 Å². The van der Waals surface area contributed by atoms with Gasteiger partial charge in [-0.1, -0.05) is 85.0 Å². The van der Waals surface area contributed by atoms with Gasteiger partial charge in [-0.15, -0.1) is 0 Å². The molecule has 0 bridgehead atoms. The van der Waals surface area contributed by atoms with E-state index in [1.165, 1.54) is 0 Å². The van der Waals surface area contributed by atoms with Crippen LogP contribution >= 0.6 is 0 Å². The second kappa shape index (κ2) is 17.1. The Bertz CT molecular complexity index is 1960. The third-order valence-electron chi connectivity index (χ3n) is 8.14. The van der Waals surface area contributed by atoms with Gasteiger partial charge in [-0.3, -0.25) is 0 Å². The number of hydrogen-bond donors (Lipinski definition) is 0. The van der Waals surface area contributed by atoms with E-state index in [4.69, 9.17) is 13.1 Å². The van der Waals surface area contributed by atoms with Gasteiger partial charge in [0, 0.05) is 37.4 Å². The molecule has 4 rings (SSSR count). The van der Waals surface area contributed by atoms with Gasteiger partial charge < -0.3 is 9.80 Å². The summed E-state index contributed by atoms with van der Waals surface area (Å²) in [5.74, 6) is -1.25. The molecule has 1 aliphatic heterocycles. The molecule has 0 radical (unpaired) electrons. The normalized spacial score (nSPS) is 16.5. The highest BCUT2D eigenvalue weighted by molar-refractivity contribution is 5.87. The van der Waals surface area contributed by atoms with Gasteiger partial charge in [0.2, 0.25) is 0 Å². The molecule has 2 aliphatic rings. The Morgan fingerprint density at radius 2 is 1.44 bits per heavy atom. The molecule has 8 heteroatoms. The van der Waals surface area contributed by atoms with E-state index >= 15 is 0 Å². The van der Waals surface area contributed by atoms with Gasteiger partial charge in [0.1, 0.15) is 13.1 Å². The first kappa shape index (κ1) is 34.2. The first-order valence-electron chi connectivity index (χ1n) is 15.4. The minimum Gasteiger partial charge on any atom is -0.369 e. The summed E-state index contributed by atoms with van der Waals surface area (Å²) in [6.45, 7) is 18.6. The number of allylic oxidation sites excluding steroid dienone is 12. The largest absolute Gasteiger partial charge is 0.528 e. The van der Waals surface area contributed by atoms with Gasteiger partial charge in [-0.25, -0.2) is 0 Å². The summed E-state index contributed by atoms with van der Waals surface area (Å²) < 4.78 is 0. The van der Waals surface area contributed by atoms with Crippen LogP contribution in [0.25, 0.3) is 20.8 Å². The Kier molecular flexibility index (Phi) is 12.2. The fourth-order valence-electron chi connectivity index (χ4n) is 5.76. The highest BCUT2D eigenvalue weighted by Gasteiger charge is 2.26. The molecule has 2 aromatic carbocycles. The second-order valence-corrected chi connectivity index (χ2v) is 11.1. The highest BCUT2D eigenvalue weighted by atomic mass is 15.3. The predicted molar refractivity (Wildman–Crippen MR) is 186 cm³/mol. The first-order chi connectivity index (χ1) is 23.5. The van der Waals surface area contributed by atoms with Crippen LogP contribution in [0.5, 0.6) is 0 Å². The van der Waals surface area contributed by atoms with Crippen LogP contribution in [0.1, 0.15) is 24.0 Å². The molecule has 1 saturated heterocycles. The summed E-state index contributed by atoms with van der Waals surface area (Å²) in [6, 6.07) is 26.5. The Morgan fingerprint density at radius 1 is 0.812 bits per heavy atom. The van der Waals surface area contributed by atoms with Crippen LogP contribution in [0.15, 0.2) is 131 Å². The lowest BCUT2D eigenvalue weighted by atomic mass is 9.90. The van der Waals surface area contributed by atoms with Crippen molar-refractivity contribution in [1.29, 1.82) is 21.0 Å². The molecule has 232 valence electrons. The average Bonchev–Trinajstić information content (AvgIpc) is 3.53. The zero-order valence-electron chi connectivity index (χ0n) is 26.6. The second-order valence-electron chi connectivity index (χ2n) is 11.1. The molecular formula is C40H32N8. The van der Waals surface area contributed by atoms with Crippen molar-refractivity contribution in [2.75, 3.05) is 33.2 Å². The summed E-state index contributed by atoms with van der Waals surface area (Å²) in [4.78, 5) is 11.4. The fourth-order valence-corrected chi connectivity index (χ4v) is 5.76. The van der Waals surface area contributed by atoms with Crippen LogP contribution in [0, 0.1) is 64.4 Å². The van der Waals surface area contributed by atoms with E-state index in [-0.39, 0.29) is 17.0 Å². The van der Waals surface area contributed by atoms with E-state index in [2.05, 4.69) is 38.7 Å². The van der Waals surface area contributed by atoms with Crippen LogP contribution in [0.2, 0.25) is 0 Å². The minimum atomic E-state index is -1.09. The minimum absolute atomic E-state index is 0.158. The molecular weight excluding hydrogens is 592 g/mol. The summed E-state index contributed by atoms with van der Waals surface area (Å²) >= 11 is 0. The summed E-state index contributed by atoms with van der Waals surface area (Å²) in [5.41, 5.74) is 5.77. The Balaban J connectivity index is 1.75. The van der Waals surface area contributed by atoms with Crippen molar-refractivity contribution >= 4 is 11.1 Å². The van der Waals surface area contributed by atoms with Crippen LogP contribution in [-0.4, -0.2) is 43.0 Å². The van der Waals surface area contributed by atoms with Crippen LogP contribution in [-0.2, 0) is 0 Å². The van der Waals surface area contributed by atoms with E-state index in [1.807, 2.05) is 72.8 Å². The van der Waals surface area contributed by atoms with Gasteiger partial charge in [0.15, 0.2) is 5.92 Å². The molecule has 0 saturated carbocycles. The van der Waals surface area contributed by atoms with E-state index in [1.54, 1.807) is 36.4 Å². The van der Waals surface area contributed by atoms with Crippen LogP contribution < -0.4 is 0 Å². The van der Waals surface area contributed by atoms with E-state index in [9.17, 15) is 21.0 Å². The van der Waals surface area contributed by atoms with Crippen molar-refractivity contribution in [1.82, 2.24) is 9.80 Å². The number of benzene rings is 2. The SMILES string of the molecule is [C-]#[N+]C([N+]#[C-])=C(/C(C#N)=C/C=C/C1=C(N2CCN(C)CC2)C(=C/C=C/C(C#N)=C(\c2ccccc2)C(C#N)C#N)\CC1)c1ccccc1. The highest BCUT2D eigenvalue weighted by Crippen LogP contribution is 2.36. The monoisotopic (exact) mass is 624 g/mol. The fraction of sp³-hybridized carbons (Fsp3) is 0.200. The van der Waals surface area contributed by atoms with E-state index in [0.717, 1.165) is 55.9 Å². The first-order valence-corrected chi connectivity index (χ1v) is 15.4. The van der Waals surface area contributed by atoms with Gasteiger partial charge in [0.05, 0.1) is 41.0 Å². The Labute approximate surface area is 282 Å². The molecule has 1 aliphatic carbocycles. The standard InChI is InChI=1S/C40H32N8/c1-45-40(46-2)38(31-14-8-5-9-15-31)35(27-42)19-11-17-33-21-20-32(39(33)48-24-22-47(3)23-25-48)16-10-18-34(26-41)37(36(28-43)29-44)30-12-6-4-7-13-30/h4-19,36H,20-25H2,3H3/b17-11+,18-10+,32-16-,35-19+,37-34-. The third kappa shape index (κ3) is 8.12. The zero-order valence-corrected chi connectivity index (χ0v) is 26.6. The van der Waals surface area contributed by atoms with Crippen molar-refractivity contribution < 1.29 is 0 Å². The molecule has 0 amide bonds. The molecule has 1 heterocycles. The molecule has 2 aromatic rings. The summed E-state index contributed by atoms with van der Waals surface area (Å²) in [5, 5.41) is 39.4. The number of hydrogen-bond acceptors (Lipinski definition) is 6. The quantitative estimate of drug-likeness (QED) is 0.161. The molecule has 0 N–H and O–H groups in total. The van der Waals surface area contributed by atoms with Crippen molar-refractivity contribution in [3.63, 3.8) is 0 Å². The van der Waals surface area contributed by atoms with Crippen molar-refractivity contribution in [2.24, 2.45) is 5.92 Å². The molecule has 1 fully saturated rings. The smallest absolute Gasteiger partial charge is 0.369 e. The molecule has 0 unspecified atom stereocenters. The zero-order chi connectivity index (χ0) is 34.3. The maximum atomic E-state index is 10.1. The number of piperazine rings is 1. The van der Waals surface area contributed by atoms with Gasteiger partial charge in [0.25, 0.3) is 0 Å². The number of rotatable bonds is 9. The lowest BCUT2D eigenvalue weighted by Gasteiger charge is -2.36. The predicted octanol–water partition coefficient (Wildman–Crippen LogP) is 7.62. The van der Waals surface area contributed by atoms with Crippen molar-refractivity contribution in [2.45, 2.75) is 12.8 Å². The number of nitriles is 4. The van der Waals surface area contributed by atoms with Gasteiger partial charge in [-0.2, -0.15) is 30.7 Å². The Morgan fingerprint density at radius 3 is 2.00 bits per heavy atom. The van der Waals surface area contributed by atoms with E-state index in [0.29, 0.717) is 22.3 Å². The van der Waals surface area contributed by atoms with E-state index < -0.39 is 5.92 Å². The molecule has 0 spiro atoms. The molecule has 0 aromatic heterocycles. The maximum absolute atomic E-state index is 10.1. The lowest BCUT2D eigenvalue weighted by Crippen LogP contribution is -2.44. The van der Waals surface area contributed by atoms with Gasteiger partial charge >= 0.3 is 5.82 Å². The Hall–Kier alpha value is -6.68. The summed E-state index contributed by atoms with van der Waals surface area (Å²) in [6.07, 6.45) is 12.5. The molecule has 0 atom stereocenters. The van der Waals surface area contributed by atoms with Crippen molar-refractivity contribution in [3.8, 4) is 24.3 Å². The van der Waals surface area contributed by atoms with Gasteiger partial charge in [-0.05, 0) is 54.3 Å². The molecule has 48 heavy (non-hydrogen) atoms. The third-order valence-corrected chi connectivity index (χ3v) is 8.14. The summed E-state index contributed by atoms with van der Waals surface area (Å²) in [7, 11) is 2.10. The lowest BCUT2D eigenvalue weighted by molar-refractivity contribution is 0.188. The molecule has 8 nitrogen and oxygen atoms in total. The van der Waals surface area contributed by atoms with Crippen LogP contribution in [0.4, 0.5) is 0 Å². The van der Waals surface area contributed by atoms with Crippen molar-refractivity contribution in [3.05, 3.63) is 165 Å². The number of likely N-dealkylation sites (N-methyl/N-ethyl adjacent to an activating group) is 1. The van der Waals surface area contributed by atoms with Crippen LogP contribution in [0.3, 0.4) is 0 Å². The maximum Gasteiger partial charge on any atom is 0.528 e.